The Hall–Kier alpha value is -3.20. The van der Waals surface area contributed by atoms with Crippen LogP contribution in [0.25, 0.3) is 11.4 Å². The highest BCUT2D eigenvalue weighted by atomic mass is 32.2. The normalized spacial score (nSPS) is 13.7. The number of aromatic nitrogens is 3. The van der Waals surface area contributed by atoms with E-state index < -0.39 is 6.03 Å². The van der Waals surface area contributed by atoms with Gasteiger partial charge in [-0.15, -0.1) is 10.2 Å². The number of nitrogens with zero attached hydrogens (tertiary/aromatic N) is 3. The molecule has 1 saturated carbocycles. The SMILES string of the molecule is O=C(CCSc1nnc(-c2ccc(F)cc2)n1Cc1ccccc1)NC(=O)NC1CCCC1. The van der Waals surface area contributed by atoms with E-state index in [1.54, 1.807) is 12.1 Å². The molecule has 0 spiro atoms. The quantitative estimate of drug-likeness (QED) is 0.480. The first-order chi connectivity index (χ1) is 16.1. The zero-order valence-electron chi connectivity index (χ0n) is 18.2. The molecule has 3 aromatic rings. The molecule has 2 aromatic carbocycles. The molecule has 33 heavy (non-hydrogen) atoms. The zero-order valence-corrected chi connectivity index (χ0v) is 19.0. The number of nitrogens with one attached hydrogen (secondary N) is 2. The Kier molecular flexibility index (Phi) is 7.72. The summed E-state index contributed by atoms with van der Waals surface area (Å²) in [6, 6.07) is 15.8. The van der Waals surface area contributed by atoms with E-state index in [1.165, 1.54) is 23.9 Å². The molecule has 0 atom stereocenters. The van der Waals surface area contributed by atoms with Crippen LogP contribution in [-0.4, -0.2) is 38.5 Å². The van der Waals surface area contributed by atoms with Crippen LogP contribution in [0.4, 0.5) is 9.18 Å². The monoisotopic (exact) mass is 467 g/mol. The second-order valence-electron chi connectivity index (χ2n) is 7.99. The van der Waals surface area contributed by atoms with Gasteiger partial charge < -0.3 is 5.32 Å². The van der Waals surface area contributed by atoms with E-state index in [4.69, 9.17) is 0 Å². The number of halogens is 1. The zero-order chi connectivity index (χ0) is 23.0. The Bertz CT molecular complexity index is 1080. The molecule has 2 N–H and O–H groups in total. The van der Waals surface area contributed by atoms with Crippen molar-refractivity contribution in [2.45, 2.75) is 49.8 Å². The molecular weight excluding hydrogens is 441 g/mol. The average Bonchev–Trinajstić information content (AvgIpc) is 3.45. The van der Waals surface area contributed by atoms with Crippen LogP contribution in [0.3, 0.4) is 0 Å². The lowest BCUT2D eigenvalue weighted by Crippen LogP contribution is -2.43. The van der Waals surface area contributed by atoms with Gasteiger partial charge in [0.1, 0.15) is 5.82 Å². The second kappa shape index (κ2) is 11.1. The van der Waals surface area contributed by atoms with Crippen molar-refractivity contribution in [3.63, 3.8) is 0 Å². The van der Waals surface area contributed by atoms with E-state index >= 15 is 0 Å². The number of imide groups is 1. The first-order valence-corrected chi connectivity index (χ1v) is 12.0. The molecule has 0 aliphatic heterocycles. The molecule has 1 aliphatic rings. The Morgan fingerprint density at radius 1 is 1.03 bits per heavy atom. The summed E-state index contributed by atoms with van der Waals surface area (Å²) in [4.78, 5) is 24.2. The lowest BCUT2D eigenvalue weighted by Gasteiger charge is -2.12. The largest absolute Gasteiger partial charge is 0.335 e. The van der Waals surface area contributed by atoms with Gasteiger partial charge in [0, 0.05) is 23.8 Å². The molecule has 0 saturated heterocycles. The van der Waals surface area contributed by atoms with Crippen LogP contribution in [0, 0.1) is 5.82 Å². The summed E-state index contributed by atoms with van der Waals surface area (Å²) in [6.07, 6.45) is 4.32. The van der Waals surface area contributed by atoms with Gasteiger partial charge in [-0.25, -0.2) is 9.18 Å². The minimum Gasteiger partial charge on any atom is -0.335 e. The number of rotatable bonds is 8. The first-order valence-electron chi connectivity index (χ1n) is 11.0. The van der Waals surface area contributed by atoms with Gasteiger partial charge in [-0.05, 0) is 42.7 Å². The Morgan fingerprint density at radius 2 is 1.76 bits per heavy atom. The van der Waals surface area contributed by atoms with Gasteiger partial charge in [-0.3, -0.25) is 14.7 Å². The molecule has 0 bridgehead atoms. The van der Waals surface area contributed by atoms with Crippen molar-refractivity contribution in [3.05, 3.63) is 66.0 Å². The number of benzene rings is 2. The fourth-order valence-corrected chi connectivity index (χ4v) is 4.71. The summed E-state index contributed by atoms with van der Waals surface area (Å²) >= 11 is 1.40. The molecule has 1 aromatic heterocycles. The summed E-state index contributed by atoms with van der Waals surface area (Å²) in [6.45, 7) is 0.541. The van der Waals surface area contributed by atoms with E-state index in [1.807, 2.05) is 34.9 Å². The van der Waals surface area contributed by atoms with Crippen molar-refractivity contribution in [1.82, 2.24) is 25.4 Å². The average molecular weight is 468 g/mol. The fourth-order valence-electron chi connectivity index (χ4n) is 3.83. The maximum absolute atomic E-state index is 13.4. The first kappa shape index (κ1) is 23.0. The standard InChI is InChI=1S/C24H26FN5O2S/c25-19-12-10-18(11-13-19)22-28-29-24(30(22)16-17-6-2-1-3-7-17)33-15-14-21(31)27-23(32)26-20-8-4-5-9-20/h1-3,6-7,10-13,20H,4-5,8-9,14-16H2,(H2,26,27,31,32). The molecular formula is C24H26FN5O2S. The van der Waals surface area contributed by atoms with Crippen molar-refractivity contribution >= 4 is 23.7 Å². The van der Waals surface area contributed by atoms with Crippen LogP contribution in [0.2, 0.25) is 0 Å². The summed E-state index contributed by atoms with van der Waals surface area (Å²) in [5.41, 5.74) is 1.83. The highest BCUT2D eigenvalue weighted by Gasteiger charge is 2.19. The lowest BCUT2D eigenvalue weighted by molar-refractivity contribution is -0.119. The molecule has 1 heterocycles. The number of hydrogen-bond donors (Lipinski definition) is 2. The van der Waals surface area contributed by atoms with Gasteiger partial charge in [0.15, 0.2) is 11.0 Å². The van der Waals surface area contributed by atoms with E-state index in [0.717, 1.165) is 36.8 Å². The fraction of sp³-hybridized carbons (Fsp3) is 0.333. The Balaban J connectivity index is 1.39. The minimum atomic E-state index is -0.428. The van der Waals surface area contributed by atoms with E-state index in [-0.39, 0.29) is 24.2 Å². The van der Waals surface area contributed by atoms with Crippen LogP contribution in [0.5, 0.6) is 0 Å². The maximum Gasteiger partial charge on any atom is 0.321 e. The third-order valence-electron chi connectivity index (χ3n) is 5.51. The van der Waals surface area contributed by atoms with E-state index in [9.17, 15) is 14.0 Å². The number of carbonyl (C=O) groups is 2. The van der Waals surface area contributed by atoms with Gasteiger partial charge in [-0.1, -0.05) is 54.9 Å². The van der Waals surface area contributed by atoms with Crippen LogP contribution >= 0.6 is 11.8 Å². The van der Waals surface area contributed by atoms with E-state index in [0.29, 0.717) is 23.3 Å². The van der Waals surface area contributed by atoms with Crippen LogP contribution in [0.1, 0.15) is 37.7 Å². The van der Waals surface area contributed by atoms with Crippen molar-refractivity contribution in [1.29, 1.82) is 0 Å². The van der Waals surface area contributed by atoms with Gasteiger partial charge in [0.2, 0.25) is 5.91 Å². The third-order valence-corrected chi connectivity index (χ3v) is 6.47. The van der Waals surface area contributed by atoms with Crippen LogP contribution < -0.4 is 10.6 Å². The van der Waals surface area contributed by atoms with Crippen molar-refractivity contribution < 1.29 is 14.0 Å². The molecule has 1 aliphatic carbocycles. The van der Waals surface area contributed by atoms with Crippen molar-refractivity contribution in [2.75, 3.05) is 5.75 Å². The third kappa shape index (κ3) is 6.41. The number of urea groups is 1. The number of carbonyl (C=O) groups excluding carboxylic acids is 2. The molecule has 9 heteroatoms. The molecule has 172 valence electrons. The summed E-state index contributed by atoms with van der Waals surface area (Å²) in [5, 5.41) is 14.5. The van der Waals surface area contributed by atoms with Gasteiger partial charge in [-0.2, -0.15) is 0 Å². The number of hydrogen-bond acceptors (Lipinski definition) is 5. The topological polar surface area (TPSA) is 88.9 Å². The summed E-state index contributed by atoms with van der Waals surface area (Å²) < 4.78 is 15.3. The molecule has 0 radical (unpaired) electrons. The van der Waals surface area contributed by atoms with Crippen LogP contribution in [0.15, 0.2) is 59.8 Å². The summed E-state index contributed by atoms with van der Waals surface area (Å²) in [7, 11) is 0. The Morgan fingerprint density at radius 3 is 2.48 bits per heavy atom. The van der Waals surface area contributed by atoms with E-state index in [2.05, 4.69) is 20.8 Å². The number of thioether (sulfide) groups is 1. The predicted molar refractivity (Wildman–Crippen MR) is 125 cm³/mol. The predicted octanol–water partition coefficient (Wildman–Crippen LogP) is 4.38. The molecule has 3 amide bonds. The Labute approximate surface area is 196 Å². The van der Waals surface area contributed by atoms with Gasteiger partial charge in [0.05, 0.1) is 6.54 Å². The highest BCUT2D eigenvalue weighted by molar-refractivity contribution is 7.99. The van der Waals surface area contributed by atoms with Crippen molar-refractivity contribution in [2.24, 2.45) is 0 Å². The molecule has 0 unspecified atom stereocenters. The van der Waals surface area contributed by atoms with Gasteiger partial charge >= 0.3 is 6.03 Å². The second-order valence-corrected chi connectivity index (χ2v) is 9.05. The van der Waals surface area contributed by atoms with Gasteiger partial charge in [0.25, 0.3) is 0 Å². The lowest BCUT2D eigenvalue weighted by atomic mass is 10.2. The minimum absolute atomic E-state index is 0.161. The smallest absolute Gasteiger partial charge is 0.321 e. The molecule has 1 fully saturated rings. The van der Waals surface area contributed by atoms with Crippen LogP contribution in [-0.2, 0) is 11.3 Å². The molecule has 4 rings (SSSR count). The maximum atomic E-state index is 13.4. The molecule has 7 nitrogen and oxygen atoms in total. The highest BCUT2D eigenvalue weighted by Crippen LogP contribution is 2.26. The van der Waals surface area contributed by atoms with Crippen molar-refractivity contribution in [3.8, 4) is 11.4 Å². The number of amides is 3. The summed E-state index contributed by atoms with van der Waals surface area (Å²) in [5.74, 6) is 0.428.